The van der Waals surface area contributed by atoms with Crippen LogP contribution in [0.3, 0.4) is 0 Å². The lowest BCUT2D eigenvalue weighted by Gasteiger charge is -2.25. The average Bonchev–Trinajstić information content (AvgIpc) is 2.81. The predicted molar refractivity (Wildman–Crippen MR) is 98.5 cm³/mol. The molecule has 3 unspecified atom stereocenters. The van der Waals surface area contributed by atoms with Gasteiger partial charge in [-0.15, -0.1) is 6.42 Å². The molecule has 1 aliphatic heterocycles. The summed E-state index contributed by atoms with van der Waals surface area (Å²) in [6.45, 7) is -0.00539. The van der Waals surface area contributed by atoms with Crippen molar-refractivity contribution in [2.24, 2.45) is 0 Å². The van der Waals surface area contributed by atoms with Crippen LogP contribution in [0.2, 0.25) is 0 Å². The number of aromatic amines is 1. The molecule has 32 heavy (non-hydrogen) atoms. The highest BCUT2D eigenvalue weighted by Gasteiger charge is 2.58. The van der Waals surface area contributed by atoms with Crippen LogP contribution in [-0.2, 0) is 31.6 Å². The van der Waals surface area contributed by atoms with Crippen molar-refractivity contribution >= 4 is 23.5 Å². The fourth-order valence-corrected chi connectivity index (χ4v) is 5.70. The first-order chi connectivity index (χ1) is 14.4. The van der Waals surface area contributed by atoms with E-state index in [-0.39, 0.29) is 5.69 Å². The van der Waals surface area contributed by atoms with Gasteiger partial charge in [0.25, 0.3) is 5.56 Å². The molecule has 180 valence electrons. The molecule has 16 nitrogen and oxygen atoms in total. The third kappa shape index (κ3) is 6.09. The number of H-pyrrole nitrogens is 1. The van der Waals surface area contributed by atoms with E-state index in [2.05, 4.69) is 13.1 Å². The SMILES string of the molecule is C#CC1(F)[C@@H](O)[C@@H](COP(=O)(O)OP(=O)(O)OP(=O)(O)O)O[C@H]1n1c(C)cc(=O)[nH]c1=O. The number of phosphoric ester groups is 1. The summed E-state index contributed by atoms with van der Waals surface area (Å²) < 4.78 is 66.0. The van der Waals surface area contributed by atoms with E-state index >= 15 is 4.39 Å². The maximum atomic E-state index is 15.3. The number of hydrogen-bond donors (Lipinski definition) is 6. The van der Waals surface area contributed by atoms with Gasteiger partial charge in [0.1, 0.15) is 12.2 Å². The van der Waals surface area contributed by atoms with Gasteiger partial charge in [-0.2, -0.15) is 8.62 Å². The molecule has 6 N–H and O–H groups in total. The number of halogens is 1. The average molecular weight is 524 g/mol. The Morgan fingerprint density at radius 3 is 2.34 bits per heavy atom. The van der Waals surface area contributed by atoms with Gasteiger partial charge in [0.05, 0.1) is 6.61 Å². The molecule has 0 amide bonds. The van der Waals surface area contributed by atoms with Crippen LogP contribution < -0.4 is 11.2 Å². The Kier molecular flexibility index (Phi) is 7.55. The molecule has 0 radical (unpaired) electrons. The van der Waals surface area contributed by atoms with Crippen LogP contribution in [0.1, 0.15) is 11.9 Å². The van der Waals surface area contributed by atoms with Crippen molar-refractivity contribution in [3.05, 3.63) is 32.6 Å². The number of nitrogens with zero attached hydrogens (tertiary/aromatic N) is 1. The van der Waals surface area contributed by atoms with Crippen LogP contribution in [0.15, 0.2) is 15.7 Å². The summed E-state index contributed by atoms with van der Waals surface area (Å²) in [5, 5.41) is 10.2. The number of ether oxygens (including phenoxy) is 1. The van der Waals surface area contributed by atoms with Crippen molar-refractivity contribution < 1.29 is 60.6 Å². The zero-order chi connectivity index (χ0) is 24.7. The third-order valence-electron chi connectivity index (χ3n) is 3.89. The van der Waals surface area contributed by atoms with Gasteiger partial charge in [-0.05, 0) is 6.92 Å². The van der Waals surface area contributed by atoms with Gasteiger partial charge in [-0.3, -0.25) is 18.9 Å². The number of nitrogens with one attached hydrogen (secondary N) is 1. The summed E-state index contributed by atoms with van der Waals surface area (Å²) in [6, 6.07) is 0.896. The summed E-state index contributed by atoms with van der Waals surface area (Å²) in [7, 11) is -17.0. The molecular formula is C12H16FN2O14P3. The number of aliphatic hydroxyl groups is 1. The quantitative estimate of drug-likeness (QED) is 0.173. The summed E-state index contributed by atoms with van der Waals surface area (Å²) >= 11 is 0. The lowest BCUT2D eigenvalue weighted by molar-refractivity contribution is -0.0544. The second-order valence-corrected chi connectivity index (χ2v) is 10.6. The first kappa shape index (κ1) is 26.7. The molecule has 2 rings (SSSR count). The fourth-order valence-electron chi connectivity index (χ4n) is 2.67. The van der Waals surface area contributed by atoms with Crippen molar-refractivity contribution in [2.75, 3.05) is 6.61 Å². The standard InChI is InChI=1S/C12H16FN2O14P3/c1-3-12(13)9(17)7(27-10(12)15-6(2)4-8(16)14-11(15)18)5-26-31(22,23)29-32(24,25)28-30(19,20)21/h1,4,7,9-10,17H,5H2,2H3,(H,22,23)(H,24,25)(H,14,16,18)(H2,19,20,21)/t7-,9+,10-,12?/m1/s1. The van der Waals surface area contributed by atoms with Crippen LogP contribution in [0, 0.1) is 19.3 Å². The Morgan fingerprint density at radius 1 is 1.25 bits per heavy atom. The highest BCUT2D eigenvalue weighted by atomic mass is 31.3. The number of hydrogen-bond acceptors (Lipinski definition) is 10. The topological polar surface area (TPSA) is 244 Å². The van der Waals surface area contributed by atoms with E-state index in [9.17, 15) is 33.3 Å². The first-order valence-corrected chi connectivity index (χ1v) is 12.5. The Morgan fingerprint density at radius 2 is 1.84 bits per heavy atom. The monoisotopic (exact) mass is 524 g/mol. The van der Waals surface area contributed by atoms with E-state index in [0.717, 1.165) is 6.07 Å². The Balaban J connectivity index is 2.24. The van der Waals surface area contributed by atoms with Gasteiger partial charge in [-0.25, -0.2) is 22.9 Å². The maximum Gasteiger partial charge on any atom is 0.490 e. The van der Waals surface area contributed by atoms with Crippen molar-refractivity contribution in [1.82, 2.24) is 9.55 Å². The molecule has 1 aromatic heterocycles. The van der Waals surface area contributed by atoms with E-state index in [1.807, 2.05) is 4.98 Å². The number of terminal acetylenes is 1. The van der Waals surface area contributed by atoms with Crippen molar-refractivity contribution in [1.29, 1.82) is 0 Å². The molecule has 6 atom stereocenters. The second kappa shape index (κ2) is 9.03. The Labute approximate surface area is 177 Å². The van der Waals surface area contributed by atoms with E-state index in [0.29, 0.717) is 4.57 Å². The largest absolute Gasteiger partial charge is 0.490 e. The number of aliphatic hydroxyl groups excluding tert-OH is 1. The number of aryl methyl sites for hydroxylation is 1. The Bertz CT molecular complexity index is 1180. The molecule has 0 aromatic carbocycles. The molecule has 1 fully saturated rings. The number of phosphoric acid groups is 3. The molecule has 1 saturated heterocycles. The molecule has 0 saturated carbocycles. The zero-order valence-corrected chi connectivity index (χ0v) is 18.4. The second-order valence-electron chi connectivity index (χ2n) is 6.22. The lowest BCUT2D eigenvalue weighted by atomic mass is 9.97. The third-order valence-corrected chi connectivity index (χ3v) is 7.69. The van der Waals surface area contributed by atoms with E-state index < -0.39 is 65.4 Å². The molecule has 2 heterocycles. The molecule has 0 bridgehead atoms. The molecular weight excluding hydrogens is 508 g/mol. The summed E-state index contributed by atoms with van der Waals surface area (Å²) in [5.74, 6) is 1.60. The van der Waals surface area contributed by atoms with Gasteiger partial charge < -0.3 is 29.4 Å². The van der Waals surface area contributed by atoms with Gasteiger partial charge >= 0.3 is 29.2 Å². The smallest absolute Gasteiger partial charge is 0.386 e. The van der Waals surface area contributed by atoms with Crippen LogP contribution in [0.5, 0.6) is 0 Å². The fraction of sp³-hybridized carbons (Fsp3) is 0.500. The molecule has 1 aromatic rings. The Hall–Kier alpha value is -1.50. The maximum absolute atomic E-state index is 15.3. The van der Waals surface area contributed by atoms with Crippen LogP contribution in [-0.4, -0.2) is 58.7 Å². The molecule has 1 aliphatic rings. The summed E-state index contributed by atoms with van der Waals surface area (Å²) in [6.07, 6.45) is -1.08. The predicted octanol–water partition coefficient (Wildman–Crippen LogP) is -1.21. The van der Waals surface area contributed by atoms with Gasteiger partial charge in [0.2, 0.25) is 5.67 Å². The van der Waals surface area contributed by atoms with Gasteiger partial charge in [-0.1, -0.05) is 5.92 Å². The number of rotatable bonds is 8. The van der Waals surface area contributed by atoms with Crippen molar-refractivity contribution in [3.8, 4) is 12.3 Å². The molecule has 20 heteroatoms. The number of alkyl halides is 1. The van der Waals surface area contributed by atoms with Crippen molar-refractivity contribution in [3.63, 3.8) is 0 Å². The molecule has 0 spiro atoms. The lowest BCUT2D eigenvalue weighted by Crippen LogP contribution is -2.45. The molecule has 0 aliphatic carbocycles. The van der Waals surface area contributed by atoms with E-state index in [1.165, 1.54) is 6.92 Å². The summed E-state index contributed by atoms with van der Waals surface area (Å²) in [4.78, 5) is 60.8. The normalized spacial score (nSPS) is 29.8. The van der Waals surface area contributed by atoms with E-state index in [1.54, 1.807) is 5.92 Å². The van der Waals surface area contributed by atoms with Crippen LogP contribution in [0.4, 0.5) is 4.39 Å². The minimum Gasteiger partial charge on any atom is -0.386 e. The highest BCUT2D eigenvalue weighted by Crippen LogP contribution is 2.66. The summed E-state index contributed by atoms with van der Waals surface area (Å²) in [5.41, 5.74) is -5.21. The van der Waals surface area contributed by atoms with Crippen molar-refractivity contribution in [2.45, 2.75) is 31.0 Å². The van der Waals surface area contributed by atoms with E-state index in [4.69, 9.17) is 25.8 Å². The van der Waals surface area contributed by atoms with Gasteiger partial charge in [0, 0.05) is 11.8 Å². The first-order valence-electron chi connectivity index (χ1n) is 8.02. The van der Waals surface area contributed by atoms with Gasteiger partial charge in [0.15, 0.2) is 6.23 Å². The number of aromatic nitrogens is 2. The minimum absolute atomic E-state index is 0.123. The zero-order valence-electron chi connectivity index (χ0n) is 15.7. The van der Waals surface area contributed by atoms with Crippen LogP contribution in [0.25, 0.3) is 0 Å². The highest BCUT2D eigenvalue weighted by molar-refractivity contribution is 7.66. The van der Waals surface area contributed by atoms with Crippen LogP contribution >= 0.6 is 23.5 Å². The minimum atomic E-state index is -5.81.